The Hall–Kier alpha value is -2.10. The Morgan fingerprint density at radius 2 is 1.25 bits per heavy atom. The van der Waals surface area contributed by atoms with Crippen LogP contribution < -0.4 is 0 Å². The fourth-order valence-electron chi connectivity index (χ4n) is 4.97. The van der Waals surface area contributed by atoms with E-state index in [1.54, 1.807) is 0 Å². The van der Waals surface area contributed by atoms with Gasteiger partial charge in [-0.25, -0.2) is 0 Å². The third-order valence-electron chi connectivity index (χ3n) is 6.87. The van der Waals surface area contributed by atoms with E-state index in [1.165, 1.54) is 0 Å². The van der Waals surface area contributed by atoms with Crippen molar-refractivity contribution >= 4 is 15.9 Å². The molecule has 36 heavy (non-hydrogen) atoms. The van der Waals surface area contributed by atoms with E-state index in [9.17, 15) is 20.4 Å². The SMILES string of the molecule is OC(Cc1ccccc1)[C@H]1O[C@H](OCCBr)[C@@](O)(Cc2ccccc2)[C@](O)(Cc2ccccc2)[C@@H]1O. The van der Waals surface area contributed by atoms with Gasteiger partial charge in [-0.3, -0.25) is 0 Å². The van der Waals surface area contributed by atoms with Gasteiger partial charge in [-0.05, 0) is 16.7 Å². The van der Waals surface area contributed by atoms with E-state index < -0.39 is 35.8 Å². The molecule has 1 saturated heterocycles. The molecule has 0 amide bonds. The van der Waals surface area contributed by atoms with Gasteiger partial charge in [0.15, 0.2) is 11.9 Å². The first kappa shape index (κ1) is 26.9. The highest BCUT2D eigenvalue weighted by Crippen LogP contribution is 2.44. The highest BCUT2D eigenvalue weighted by Gasteiger charge is 2.65. The summed E-state index contributed by atoms with van der Waals surface area (Å²) in [6.07, 6.45) is -5.15. The molecular formula is C29H33BrO6. The molecule has 0 spiro atoms. The van der Waals surface area contributed by atoms with Crippen molar-refractivity contribution in [1.29, 1.82) is 0 Å². The standard InChI is InChI=1S/C29H33BrO6/c30-16-17-35-27-29(34,20-23-14-8-3-9-15-23)28(33,19-22-12-6-2-7-13-22)26(32)25(36-27)24(31)18-21-10-4-1-5-11-21/h1-15,24-27,31-34H,16-20H2/t24?,25-,26-,27+,28+,29+/m1/s1. The van der Waals surface area contributed by atoms with Gasteiger partial charge in [0, 0.05) is 24.6 Å². The third kappa shape index (κ3) is 5.73. The van der Waals surface area contributed by atoms with Crippen molar-refractivity contribution in [3.8, 4) is 0 Å². The van der Waals surface area contributed by atoms with Gasteiger partial charge in [0.25, 0.3) is 0 Å². The Kier molecular flexibility index (Phi) is 8.96. The summed E-state index contributed by atoms with van der Waals surface area (Å²) in [5, 5.41) is 47.7. The van der Waals surface area contributed by atoms with E-state index in [0.717, 1.165) is 16.7 Å². The van der Waals surface area contributed by atoms with E-state index in [-0.39, 0.29) is 25.9 Å². The molecule has 4 N–H and O–H groups in total. The van der Waals surface area contributed by atoms with Crippen LogP contribution in [-0.4, -0.2) is 68.2 Å². The average Bonchev–Trinajstić information content (AvgIpc) is 2.89. The van der Waals surface area contributed by atoms with Crippen molar-refractivity contribution in [2.24, 2.45) is 0 Å². The second-order valence-corrected chi connectivity index (χ2v) is 10.2. The summed E-state index contributed by atoms with van der Waals surface area (Å²) < 4.78 is 12.0. The van der Waals surface area contributed by atoms with Crippen LogP contribution in [0.4, 0.5) is 0 Å². The number of hydrogen-bond donors (Lipinski definition) is 4. The van der Waals surface area contributed by atoms with Gasteiger partial charge in [0.05, 0.1) is 12.7 Å². The molecule has 6 atom stereocenters. The lowest BCUT2D eigenvalue weighted by atomic mass is 9.67. The van der Waals surface area contributed by atoms with Crippen LogP contribution in [-0.2, 0) is 28.7 Å². The summed E-state index contributed by atoms with van der Waals surface area (Å²) in [4.78, 5) is 0. The van der Waals surface area contributed by atoms with Crippen molar-refractivity contribution in [3.05, 3.63) is 108 Å². The number of aliphatic hydroxyl groups is 4. The van der Waals surface area contributed by atoms with Gasteiger partial charge in [0.2, 0.25) is 0 Å². The molecule has 3 aromatic carbocycles. The molecule has 1 heterocycles. The number of hydrogen-bond acceptors (Lipinski definition) is 6. The summed E-state index contributed by atoms with van der Waals surface area (Å²) in [5.74, 6) is 0. The molecule has 4 rings (SSSR count). The molecule has 0 bridgehead atoms. The quantitative estimate of drug-likeness (QED) is 0.286. The summed E-state index contributed by atoms with van der Waals surface area (Å²) in [6.45, 7) is 0.195. The molecule has 1 aliphatic heterocycles. The minimum atomic E-state index is -2.10. The largest absolute Gasteiger partial charge is 0.390 e. The number of benzene rings is 3. The Morgan fingerprint density at radius 3 is 1.75 bits per heavy atom. The fourth-order valence-corrected chi connectivity index (χ4v) is 5.16. The number of aliphatic hydroxyl groups excluding tert-OH is 2. The van der Waals surface area contributed by atoms with Crippen LogP contribution in [0.1, 0.15) is 16.7 Å². The van der Waals surface area contributed by atoms with Gasteiger partial charge in [-0.1, -0.05) is 107 Å². The van der Waals surface area contributed by atoms with E-state index in [1.807, 2.05) is 91.0 Å². The monoisotopic (exact) mass is 556 g/mol. The van der Waals surface area contributed by atoms with E-state index in [4.69, 9.17) is 9.47 Å². The highest BCUT2D eigenvalue weighted by atomic mass is 79.9. The zero-order chi connectivity index (χ0) is 25.6. The van der Waals surface area contributed by atoms with Crippen molar-refractivity contribution in [2.75, 3.05) is 11.9 Å². The molecule has 0 aromatic heterocycles. The minimum absolute atomic E-state index is 0.0251. The Labute approximate surface area is 220 Å². The molecule has 7 heteroatoms. The summed E-state index contributed by atoms with van der Waals surface area (Å²) in [5.41, 5.74) is -1.78. The lowest BCUT2D eigenvalue weighted by Crippen LogP contribution is -2.77. The number of ether oxygens (including phenoxy) is 2. The van der Waals surface area contributed by atoms with Crippen molar-refractivity contribution in [1.82, 2.24) is 0 Å². The van der Waals surface area contributed by atoms with Crippen LogP contribution >= 0.6 is 15.9 Å². The zero-order valence-corrected chi connectivity index (χ0v) is 21.6. The summed E-state index contributed by atoms with van der Waals surface area (Å²) in [6, 6.07) is 27.8. The molecule has 6 nitrogen and oxygen atoms in total. The van der Waals surface area contributed by atoms with Gasteiger partial charge < -0.3 is 29.9 Å². The Balaban J connectivity index is 1.74. The fraction of sp³-hybridized carbons (Fsp3) is 0.379. The number of halogens is 1. The molecule has 1 aliphatic rings. The first-order valence-corrected chi connectivity index (χ1v) is 13.3. The predicted molar refractivity (Wildman–Crippen MR) is 141 cm³/mol. The van der Waals surface area contributed by atoms with Crippen molar-refractivity contribution in [3.63, 3.8) is 0 Å². The second kappa shape index (κ2) is 12.0. The average molecular weight is 557 g/mol. The molecule has 0 aliphatic carbocycles. The molecule has 1 fully saturated rings. The van der Waals surface area contributed by atoms with Gasteiger partial charge >= 0.3 is 0 Å². The number of alkyl halides is 1. The van der Waals surface area contributed by atoms with Crippen LogP contribution in [0.25, 0.3) is 0 Å². The normalized spacial score (nSPS) is 29.1. The van der Waals surface area contributed by atoms with Crippen LogP contribution in [0.15, 0.2) is 91.0 Å². The van der Waals surface area contributed by atoms with Crippen molar-refractivity contribution < 1.29 is 29.9 Å². The van der Waals surface area contributed by atoms with E-state index >= 15 is 0 Å². The minimum Gasteiger partial charge on any atom is -0.390 e. The first-order valence-electron chi connectivity index (χ1n) is 12.1. The molecule has 192 valence electrons. The maximum Gasteiger partial charge on any atom is 0.190 e. The second-order valence-electron chi connectivity index (χ2n) is 9.37. The topological polar surface area (TPSA) is 99.4 Å². The molecule has 0 saturated carbocycles. The third-order valence-corrected chi connectivity index (χ3v) is 7.19. The summed E-state index contributed by atoms with van der Waals surface area (Å²) >= 11 is 3.34. The lowest BCUT2D eigenvalue weighted by molar-refractivity contribution is -0.378. The van der Waals surface area contributed by atoms with Crippen LogP contribution in [0.5, 0.6) is 0 Å². The molecule has 0 radical (unpaired) electrons. The highest BCUT2D eigenvalue weighted by molar-refractivity contribution is 9.09. The van der Waals surface area contributed by atoms with Crippen LogP contribution in [0.3, 0.4) is 0 Å². The smallest absolute Gasteiger partial charge is 0.190 e. The van der Waals surface area contributed by atoms with Crippen LogP contribution in [0, 0.1) is 0 Å². The first-order chi connectivity index (χ1) is 17.4. The molecule has 3 aromatic rings. The predicted octanol–water partition coefficient (Wildman–Crippen LogP) is 3.03. The van der Waals surface area contributed by atoms with Gasteiger partial charge in [-0.15, -0.1) is 0 Å². The Bertz CT molecular complexity index is 1070. The zero-order valence-electron chi connectivity index (χ0n) is 20.0. The lowest BCUT2D eigenvalue weighted by Gasteiger charge is -2.56. The summed E-state index contributed by atoms with van der Waals surface area (Å²) in [7, 11) is 0. The number of rotatable bonds is 10. The van der Waals surface area contributed by atoms with Gasteiger partial charge in [-0.2, -0.15) is 0 Å². The maximum absolute atomic E-state index is 12.2. The van der Waals surface area contributed by atoms with E-state index in [0.29, 0.717) is 5.33 Å². The van der Waals surface area contributed by atoms with Crippen LogP contribution in [0.2, 0.25) is 0 Å². The molecule has 1 unspecified atom stereocenters. The molecular weight excluding hydrogens is 524 g/mol. The van der Waals surface area contributed by atoms with E-state index in [2.05, 4.69) is 15.9 Å². The Morgan fingerprint density at radius 1 is 0.778 bits per heavy atom. The maximum atomic E-state index is 12.2. The van der Waals surface area contributed by atoms with Crippen molar-refractivity contribution in [2.45, 2.75) is 55.1 Å². The van der Waals surface area contributed by atoms with Gasteiger partial charge in [0.1, 0.15) is 17.8 Å².